The van der Waals surface area contributed by atoms with Crippen molar-refractivity contribution < 1.29 is 94.8 Å². The molecule has 0 fully saturated rings. The fourth-order valence-electron chi connectivity index (χ4n) is 5.99. The summed E-state index contributed by atoms with van der Waals surface area (Å²) in [5.74, 6) is -1.17. The van der Waals surface area contributed by atoms with E-state index in [0.29, 0.717) is 12.1 Å². The minimum Gasteiger partial charge on any atom is -1.00 e. The van der Waals surface area contributed by atoms with Crippen LogP contribution in [0.5, 0.6) is 28.7 Å². The SMILES string of the molecule is COc1cc(F)c(C(C)C)cc1-c1ccc(C(F)(F)F)cc1C[NH2+][C@@H](C)[C@H](OC(=O)Oc1cc(OC)c(OC)c(OC)c1)c1cc(C(F)(F)F)cc(C(F)(F)F)c1.[Cl-]. The molecule has 0 unspecified atom stereocenters. The van der Waals surface area contributed by atoms with Crippen LogP contribution in [0.3, 0.4) is 0 Å². The highest BCUT2D eigenvalue weighted by Gasteiger charge is 2.40. The summed E-state index contributed by atoms with van der Waals surface area (Å²) in [6.45, 7) is 4.25. The molecule has 0 aromatic heterocycles. The van der Waals surface area contributed by atoms with E-state index in [0.717, 1.165) is 24.3 Å². The van der Waals surface area contributed by atoms with Crippen LogP contribution < -0.4 is 41.4 Å². The monoisotopic (exact) mass is 857 g/mol. The molecule has 4 aromatic carbocycles. The van der Waals surface area contributed by atoms with Crippen LogP contribution in [-0.4, -0.2) is 40.6 Å². The number of hydrogen-bond acceptors (Lipinski definition) is 7. The lowest BCUT2D eigenvalue weighted by atomic mass is 9.92. The van der Waals surface area contributed by atoms with Crippen LogP contribution >= 0.6 is 0 Å². The summed E-state index contributed by atoms with van der Waals surface area (Å²) in [5.41, 5.74) is -4.71. The van der Waals surface area contributed by atoms with Crippen LogP contribution in [0.4, 0.5) is 48.7 Å². The lowest BCUT2D eigenvalue weighted by Gasteiger charge is -2.25. The summed E-state index contributed by atoms with van der Waals surface area (Å²) in [4.78, 5) is 13.3. The molecule has 2 atom stereocenters. The molecule has 0 heterocycles. The van der Waals surface area contributed by atoms with Crippen molar-refractivity contribution in [3.05, 3.63) is 99.9 Å². The summed E-state index contributed by atoms with van der Waals surface area (Å²) in [6, 6.07) is 6.89. The maximum Gasteiger partial charge on any atom is 0.514 e. The average Bonchev–Trinajstić information content (AvgIpc) is 3.13. The van der Waals surface area contributed by atoms with Gasteiger partial charge in [-0.05, 0) is 65.9 Å². The van der Waals surface area contributed by atoms with Gasteiger partial charge in [-0.15, -0.1) is 0 Å². The third-order valence-corrected chi connectivity index (χ3v) is 8.85. The van der Waals surface area contributed by atoms with E-state index >= 15 is 0 Å². The van der Waals surface area contributed by atoms with Gasteiger partial charge in [0.25, 0.3) is 0 Å². The van der Waals surface area contributed by atoms with E-state index in [2.05, 4.69) is 0 Å². The lowest BCUT2D eigenvalue weighted by Crippen LogP contribution is -3.00. The van der Waals surface area contributed by atoms with Gasteiger partial charge in [0.15, 0.2) is 17.6 Å². The van der Waals surface area contributed by atoms with Gasteiger partial charge in [0.05, 0.1) is 45.1 Å². The predicted octanol–water partition coefficient (Wildman–Crippen LogP) is 7.12. The molecule has 4 rings (SSSR count). The molecule has 0 radical (unpaired) electrons. The molecule has 0 amide bonds. The number of methoxy groups -OCH3 is 4. The maximum absolute atomic E-state index is 14.9. The number of carbonyl (C=O) groups excluding carboxylic acids is 1. The molecular formula is C39H38ClF10NO7. The molecule has 2 N–H and O–H groups in total. The molecule has 8 nitrogen and oxygen atoms in total. The molecule has 0 bridgehead atoms. The van der Waals surface area contributed by atoms with Gasteiger partial charge in [0.1, 0.15) is 29.9 Å². The second-order valence-electron chi connectivity index (χ2n) is 13.0. The number of carbonyl (C=O) groups is 1. The Labute approximate surface area is 332 Å². The highest BCUT2D eigenvalue weighted by Crippen LogP contribution is 2.43. The number of alkyl halides is 9. The number of hydrogen-bond donors (Lipinski definition) is 1. The highest BCUT2D eigenvalue weighted by atomic mass is 35.5. The summed E-state index contributed by atoms with van der Waals surface area (Å²) >= 11 is 0. The molecule has 58 heavy (non-hydrogen) atoms. The van der Waals surface area contributed by atoms with Crippen LogP contribution in [0.15, 0.2) is 60.7 Å². The molecular weight excluding hydrogens is 820 g/mol. The van der Waals surface area contributed by atoms with Gasteiger partial charge >= 0.3 is 24.7 Å². The minimum absolute atomic E-state index is 0. The van der Waals surface area contributed by atoms with Gasteiger partial charge in [0, 0.05) is 29.3 Å². The van der Waals surface area contributed by atoms with E-state index in [-0.39, 0.29) is 75.4 Å². The molecule has 318 valence electrons. The van der Waals surface area contributed by atoms with Gasteiger partial charge in [-0.3, -0.25) is 0 Å². The molecule has 0 aliphatic carbocycles. The van der Waals surface area contributed by atoms with Crippen molar-refractivity contribution in [2.24, 2.45) is 0 Å². The predicted molar refractivity (Wildman–Crippen MR) is 185 cm³/mol. The minimum atomic E-state index is -5.28. The van der Waals surface area contributed by atoms with Gasteiger partial charge in [0.2, 0.25) is 5.75 Å². The van der Waals surface area contributed by atoms with Crippen molar-refractivity contribution in [1.82, 2.24) is 0 Å². The molecule has 4 aromatic rings. The first-order valence-electron chi connectivity index (χ1n) is 16.9. The molecule has 19 heteroatoms. The fraction of sp³-hybridized carbons (Fsp3) is 0.359. The van der Waals surface area contributed by atoms with Gasteiger partial charge in [-0.25, -0.2) is 9.18 Å². The van der Waals surface area contributed by atoms with Crippen molar-refractivity contribution >= 4 is 6.16 Å². The number of rotatable bonds is 13. The van der Waals surface area contributed by atoms with E-state index in [4.69, 9.17) is 28.4 Å². The zero-order valence-corrected chi connectivity index (χ0v) is 32.6. The first kappa shape index (κ1) is 47.3. The van der Waals surface area contributed by atoms with Crippen molar-refractivity contribution in [1.29, 1.82) is 0 Å². The third kappa shape index (κ3) is 11.1. The molecule has 0 saturated heterocycles. The van der Waals surface area contributed by atoms with E-state index in [9.17, 15) is 48.7 Å². The Morgan fingerprint density at radius 1 is 0.655 bits per heavy atom. The Balaban J connectivity index is 0.00000900. The smallest absolute Gasteiger partial charge is 0.514 e. The Morgan fingerprint density at radius 2 is 1.19 bits per heavy atom. The quantitative estimate of drug-likeness (QED) is 0.0871. The Kier molecular flexibility index (Phi) is 15.2. The van der Waals surface area contributed by atoms with Crippen LogP contribution in [0.2, 0.25) is 0 Å². The number of benzene rings is 4. The fourth-order valence-corrected chi connectivity index (χ4v) is 5.99. The molecule has 0 saturated carbocycles. The van der Waals surface area contributed by atoms with Crippen molar-refractivity contribution in [3.8, 4) is 39.9 Å². The van der Waals surface area contributed by atoms with E-state index in [1.165, 1.54) is 58.9 Å². The standard InChI is InChI=1S/C39H37F10NO7.ClH/c1-19(2)28-16-29(31(52-4)17-30(28)40)27-9-8-23(37(41,42)43)12-22(27)18-50-20(3)34(21-10-24(38(44,45)46)13-25(11-21)39(47,48)49)57-36(51)56-26-14-32(53-5)35(55-7)33(15-26)54-6;/h8-17,19-20,34,50H,18H2,1-7H3;1H/t20-,34-;/m0./s1. The summed E-state index contributed by atoms with van der Waals surface area (Å²) in [7, 11) is 5.03. The van der Waals surface area contributed by atoms with E-state index in [1.54, 1.807) is 13.8 Å². The van der Waals surface area contributed by atoms with Gasteiger partial charge in [-0.1, -0.05) is 19.9 Å². The first-order valence-corrected chi connectivity index (χ1v) is 16.9. The van der Waals surface area contributed by atoms with Crippen molar-refractivity contribution in [3.63, 3.8) is 0 Å². The first-order chi connectivity index (χ1) is 26.5. The lowest BCUT2D eigenvalue weighted by molar-refractivity contribution is -0.708. The Bertz CT molecular complexity index is 2010. The average molecular weight is 858 g/mol. The third-order valence-electron chi connectivity index (χ3n) is 8.85. The van der Waals surface area contributed by atoms with Crippen molar-refractivity contribution in [2.75, 3.05) is 28.4 Å². The van der Waals surface area contributed by atoms with Gasteiger partial charge in [-0.2, -0.15) is 39.5 Å². The molecule has 0 aliphatic rings. The summed E-state index contributed by atoms with van der Waals surface area (Å²) in [5, 5.41) is 1.25. The number of nitrogens with two attached hydrogens (primary N) is 1. The zero-order valence-electron chi connectivity index (χ0n) is 31.8. The highest BCUT2D eigenvalue weighted by molar-refractivity contribution is 5.75. The summed E-state index contributed by atoms with van der Waals surface area (Å²) in [6.07, 6.45) is -18.9. The van der Waals surface area contributed by atoms with E-state index < -0.39 is 71.4 Å². The summed E-state index contributed by atoms with van der Waals surface area (Å²) < 4.78 is 172. The normalized spacial score (nSPS) is 13.0. The van der Waals surface area contributed by atoms with E-state index in [1.807, 2.05) is 0 Å². The second kappa shape index (κ2) is 18.7. The topological polar surface area (TPSA) is 89.1 Å². The maximum atomic E-state index is 14.9. The largest absolute Gasteiger partial charge is 1.00 e. The Hall–Kier alpha value is -5.10. The molecule has 0 aliphatic heterocycles. The van der Waals surface area contributed by atoms with Crippen LogP contribution in [0.25, 0.3) is 11.1 Å². The van der Waals surface area contributed by atoms with Crippen LogP contribution in [0.1, 0.15) is 66.2 Å². The number of ether oxygens (including phenoxy) is 6. The van der Waals surface area contributed by atoms with Gasteiger partial charge < -0.3 is 46.1 Å². The Morgan fingerprint density at radius 3 is 1.66 bits per heavy atom. The van der Waals surface area contributed by atoms with Crippen LogP contribution in [-0.2, 0) is 29.8 Å². The van der Waals surface area contributed by atoms with Crippen molar-refractivity contribution in [2.45, 2.75) is 63.9 Å². The molecule has 0 spiro atoms. The number of halogens is 11. The number of quaternary nitrogens is 1. The van der Waals surface area contributed by atoms with Crippen LogP contribution in [0, 0.1) is 5.82 Å². The second-order valence-corrected chi connectivity index (χ2v) is 13.0. The zero-order chi connectivity index (χ0) is 42.6.